The van der Waals surface area contributed by atoms with Crippen molar-refractivity contribution in [3.05, 3.63) is 47.2 Å². The van der Waals surface area contributed by atoms with Gasteiger partial charge in [0.05, 0.1) is 5.69 Å². The lowest BCUT2D eigenvalue weighted by atomic mass is 10.1. The highest BCUT2D eigenvalue weighted by Gasteiger charge is 2.08. The van der Waals surface area contributed by atoms with Gasteiger partial charge in [-0.2, -0.15) is 5.10 Å². The maximum atomic E-state index is 6.01. The standard InChI is InChI=1S/C14H12ClN3/c1-9-13-7-11(8-16-14(13)18(2)17-9)10-4-3-5-12(15)6-10/h3-8H,1-2H3. The largest absolute Gasteiger partial charge is 0.250 e. The highest BCUT2D eigenvalue weighted by atomic mass is 35.5. The summed E-state index contributed by atoms with van der Waals surface area (Å²) in [6.45, 7) is 1.99. The van der Waals surface area contributed by atoms with E-state index >= 15 is 0 Å². The van der Waals surface area contributed by atoms with Crippen molar-refractivity contribution in [3.8, 4) is 11.1 Å². The van der Waals surface area contributed by atoms with Gasteiger partial charge in [-0.25, -0.2) is 4.98 Å². The van der Waals surface area contributed by atoms with Gasteiger partial charge in [-0.05, 0) is 30.7 Å². The monoisotopic (exact) mass is 257 g/mol. The molecule has 0 spiro atoms. The van der Waals surface area contributed by atoms with E-state index in [1.165, 1.54) is 0 Å². The summed E-state index contributed by atoms with van der Waals surface area (Å²) in [6, 6.07) is 9.89. The molecule has 0 radical (unpaired) electrons. The minimum Gasteiger partial charge on any atom is -0.250 e. The Kier molecular flexibility index (Phi) is 2.56. The molecule has 2 aromatic heterocycles. The first-order valence-electron chi connectivity index (χ1n) is 5.70. The van der Waals surface area contributed by atoms with Crippen LogP contribution < -0.4 is 0 Å². The van der Waals surface area contributed by atoms with Crippen LogP contribution in [0.4, 0.5) is 0 Å². The molecule has 3 aromatic rings. The highest BCUT2D eigenvalue weighted by Crippen LogP contribution is 2.26. The summed E-state index contributed by atoms with van der Waals surface area (Å²) in [5, 5.41) is 6.18. The van der Waals surface area contributed by atoms with Gasteiger partial charge in [-0.15, -0.1) is 0 Å². The van der Waals surface area contributed by atoms with E-state index in [1.807, 2.05) is 44.4 Å². The van der Waals surface area contributed by atoms with Crippen molar-refractivity contribution < 1.29 is 0 Å². The molecule has 90 valence electrons. The van der Waals surface area contributed by atoms with Crippen LogP contribution in [-0.2, 0) is 7.05 Å². The van der Waals surface area contributed by atoms with Gasteiger partial charge in [0, 0.05) is 29.2 Å². The smallest absolute Gasteiger partial charge is 0.157 e. The fraction of sp³-hybridized carbons (Fsp3) is 0.143. The molecule has 0 atom stereocenters. The number of benzene rings is 1. The van der Waals surface area contributed by atoms with Crippen LogP contribution >= 0.6 is 11.6 Å². The van der Waals surface area contributed by atoms with Crippen molar-refractivity contribution in [1.82, 2.24) is 14.8 Å². The van der Waals surface area contributed by atoms with E-state index in [4.69, 9.17) is 11.6 Å². The Morgan fingerprint density at radius 2 is 2.00 bits per heavy atom. The van der Waals surface area contributed by atoms with Gasteiger partial charge in [0.25, 0.3) is 0 Å². The fourth-order valence-corrected chi connectivity index (χ4v) is 2.32. The van der Waals surface area contributed by atoms with Crippen molar-refractivity contribution in [2.45, 2.75) is 6.92 Å². The minimum atomic E-state index is 0.732. The van der Waals surface area contributed by atoms with Gasteiger partial charge in [0.2, 0.25) is 0 Å². The first-order valence-corrected chi connectivity index (χ1v) is 6.08. The zero-order valence-electron chi connectivity index (χ0n) is 10.2. The van der Waals surface area contributed by atoms with Gasteiger partial charge >= 0.3 is 0 Å². The molecule has 0 amide bonds. The summed E-state index contributed by atoms with van der Waals surface area (Å²) >= 11 is 6.01. The molecule has 0 fully saturated rings. The highest BCUT2D eigenvalue weighted by molar-refractivity contribution is 6.30. The number of nitrogens with zero attached hydrogens (tertiary/aromatic N) is 3. The number of rotatable bonds is 1. The van der Waals surface area contributed by atoms with E-state index in [-0.39, 0.29) is 0 Å². The summed E-state index contributed by atoms with van der Waals surface area (Å²) < 4.78 is 1.80. The summed E-state index contributed by atoms with van der Waals surface area (Å²) in [7, 11) is 1.90. The minimum absolute atomic E-state index is 0.732. The second-order valence-electron chi connectivity index (χ2n) is 4.31. The molecule has 0 unspecified atom stereocenters. The third-order valence-corrected chi connectivity index (χ3v) is 3.26. The Bertz CT molecular complexity index is 731. The van der Waals surface area contributed by atoms with Crippen LogP contribution in [0.3, 0.4) is 0 Å². The predicted molar refractivity (Wildman–Crippen MR) is 73.7 cm³/mol. The number of aromatic nitrogens is 3. The number of pyridine rings is 1. The van der Waals surface area contributed by atoms with E-state index in [0.29, 0.717) is 0 Å². The molecule has 0 N–H and O–H groups in total. The molecule has 0 saturated carbocycles. The van der Waals surface area contributed by atoms with Gasteiger partial charge in [-0.3, -0.25) is 4.68 Å². The van der Waals surface area contributed by atoms with Crippen molar-refractivity contribution in [3.63, 3.8) is 0 Å². The fourth-order valence-electron chi connectivity index (χ4n) is 2.13. The Labute approximate surface area is 110 Å². The Balaban J connectivity index is 2.22. The Hall–Kier alpha value is -1.87. The van der Waals surface area contributed by atoms with Crippen LogP contribution in [0, 0.1) is 6.92 Å². The molecule has 2 heterocycles. The molecule has 0 aliphatic rings. The van der Waals surface area contributed by atoms with Crippen molar-refractivity contribution >= 4 is 22.6 Å². The molecule has 0 aliphatic heterocycles. The van der Waals surface area contributed by atoms with Crippen LogP contribution in [-0.4, -0.2) is 14.8 Å². The zero-order chi connectivity index (χ0) is 12.7. The number of hydrogen-bond donors (Lipinski definition) is 0. The number of halogens is 1. The lowest BCUT2D eigenvalue weighted by Gasteiger charge is -2.02. The average Bonchev–Trinajstić information content (AvgIpc) is 2.65. The summed E-state index contributed by atoms with van der Waals surface area (Å²) in [5.74, 6) is 0. The molecule has 4 heteroatoms. The number of aryl methyl sites for hydroxylation is 2. The van der Waals surface area contributed by atoms with E-state index in [2.05, 4.69) is 16.1 Å². The summed E-state index contributed by atoms with van der Waals surface area (Å²) in [6.07, 6.45) is 1.86. The molecular formula is C14H12ClN3. The van der Waals surface area contributed by atoms with Crippen molar-refractivity contribution in [1.29, 1.82) is 0 Å². The van der Waals surface area contributed by atoms with Gasteiger partial charge in [0.15, 0.2) is 5.65 Å². The molecule has 0 aliphatic carbocycles. The molecule has 0 bridgehead atoms. The summed E-state index contributed by atoms with van der Waals surface area (Å²) in [4.78, 5) is 4.46. The third-order valence-electron chi connectivity index (χ3n) is 3.02. The van der Waals surface area contributed by atoms with E-state index in [9.17, 15) is 0 Å². The zero-order valence-corrected chi connectivity index (χ0v) is 10.9. The molecule has 18 heavy (non-hydrogen) atoms. The second-order valence-corrected chi connectivity index (χ2v) is 4.75. The van der Waals surface area contributed by atoms with E-state index < -0.39 is 0 Å². The molecule has 0 saturated heterocycles. The van der Waals surface area contributed by atoms with Crippen LogP contribution in [0.15, 0.2) is 36.5 Å². The first kappa shape index (κ1) is 11.2. The summed E-state index contributed by atoms with van der Waals surface area (Å²) in [5.41, 5.74) is 4.02. The SMILES string of the molecule is Cc1nn(C)c2ncc(-c3cccc(Cl)c3)cc12. The Morgan fingerprint density at radius 3 is 2.78 bits per heavy atom. The lowest BCUT2D eigenvalue weighted by Crippen LogP contribution is -1.91. The molecule has 3 rings (SSSR count). The van der Waals surface area contributed by atoms with Gasteiger partial charge in [-0.1, -0.05) is 23.7 Å². The van der Waals surface area contributed by atoms with Crippen LogP contribution in [0.25, 0.3) is 22.2 Å². The molecule has 1 aromatic carbocycles. The molecule has 3 nitrogen and oxygen atoms in total. The Morgan fingerprint density at radius 1 is 1.17 bits per heavy atom. The lowest BCUT2D eigenvalue weighted by molar-refractivity contribution is 0.774. The van der Waals surface area contributed by atoms with Gasteiger partial charge < -0.3 is 0 Å². The first-order chi connectivity index (χ1) is 8.65. The maximum Gasteiger partial charge on any atom is 0.157 e. The van der Waals surface area contributed by atoms with Crippen molar-refractivity contribution in [2.24, 2.45) is 7.05 Å². The van der Waals surface area contributed by atoms with E-state index in [0.717, 1.165) is 32.9 Å². The predicted octanol–water partition coefficient (Wildman–Crippen LogP) is 3.60. The maximum absolute atomic E-state index is 6.01. The number of hydrogen-bond acceptors (Lipinski definition) is 2. The normalized spacial score (nSPS) is 11.1. The van der Waals surface area contributed by atoms with Crippen molar-refractivity contribution in [2.75, 3.05) is 0 Å². The van der Waals surface area contributed by atoms with Crippen LogP contribution in [0.5, 0.6) is 0 Å². The second kappa shape index (κ2) is 4.10. The van der Waals surface area contributed by atoms with E-state index in [1.54, 1.807) is 4.68 Å². The topological polar surface area (TPSA) is 30.7 Å². The van der Waals surface area contributed by atoms with Crippen LogP contribution in [0.2, 0.25) is 5.02 Å². The van der Waals surface area contributed by atoms with Gasteiger partial charge in [0.1, 0.15) is 0 Å². The average molecular weight is 258 g/mol. The quantitative estimate of drug-likeness (QED) is 0.667. The third kappa shape index (κ3) is 1.77. The molecular weight excluding hydrogens is 246 g/mol. The number of fused-ring (bicyclic) bond motifs is 1. The van der Waals surface area contributed by atoms with Crippen LogP contribution in [0.1, 0.15) is 5.69 Å².